The van der Waals surface area contributed by atoms with Crippen LogP contribution in [0.4, 0.5) is 0 Å². The molecule has 0 saturated heterocycles. The quantitative estimate of drug-likeness (QED) is 0.710. The van der Waals surface area contributed by atoms with Crippen molar-refractivity contribution >= 4 is 12.0 Å². The summed E-state index contributed by atoms with van der Waals surface area (Å²) in [5, 5.41) is 7.19. The zero-order chi connectivity index (χ0) is 16.8. The fourth-order valence-corrected chi connectivity index (χ4v) is 2.30. The number of carbonyl (C=O) groups is 1. The fourth-order valence-electron chi connectivity index (χ4n) is 2.30. The van der Waals surface area contributed by atoms with Crippen molar-refractivity contribution in [3.05, 3.63) is 78.0 Å². The van der Waals surface area contributed by atoms with Gasteiger partial charge in [0.15, 0.2) is 0 Å². The van der Waals surface area contributed by atoms with Gasteiger partial charge >= 0.3 is 0 Å². The maximum Gasteiger partial charge on any atom is 0.244 e. The van der Waals surface area contributed by atoms with E-state index >= 15 is 0 Å². The Morgan fingerprint density at radius 1 is 1.25 bits per heavy atom. The van der Waals surface area contributed by atoms with E-state index in [1.807, 2.05) is 66.5 Å². The number of hydrogen-bond acceptors (Lipinski definition) is 3. The van der Waals surface area contributed by atoms with Gasteiger partial charge in [0, 0.05) is 18.8 Å². The van der Waals surface area contributed by atoms with Gasteiger partial charge in [-0.3, -0.25) is 4.79 Å². The van der Waals surface area contributed by atoms with E-state index in [1.165, 1.54) is 6.08 Å². The molecule has 0 spiro atoms. The van der Waals surface area contributed by atoms with E-state index in [0.29, 0.717) is 12.3 Å². The number of nitrogens with one attached hydrogen (secondary N) is 1. The lowest BCUT2D eigenvalue weighted by Gasteiger charge is -2.01. The van der Waals surface area contributed by atoms with Crippen molar-refractivity contribution in [3.8, 4) is 5.69 Å². The first-order valence-electron chi connectivity index (χ1n) is 7.82. The number of nitrogens with zero attached hydrogens (tertiary/aromatic N) is 2. The van der Waals surface area contributed by atoms with Gasteiger partial charge in [0.2, 0.25) is 5.91 Å². The molecule has 0 atom stereocenters. The average molecular weight is 321 g/mol. The molecule has 0 saturated carbocycles. The summed E-state index contributed by atoms with van der Waals surface area (Å²) < 4.78 is 7.20. The average Bonchev–Trinajstić information content (AvgIpc) is 3.23. The lowest BCUT2D eigenvalue weighted by Crippen LogP contribution is -2.23. The van der Waals surface area contributed by atoms with E-state index in [0.717, 1.165) is 23.4 Å². The van der Waals surface area contributed by atoms with Gasteiger partial charge in [0.25, 0.3) is 0 Å². The van der Waals surface area contributed by atoms with Crippen LogP contribution in [0.1, 0.15) is 17.1 Å². The zero-order valence-corrected chi connectivity index (χ0v) is 13.5. The monoisotopic (exact) mass is 321 g/mol. The second kappa shape index (κ2) is 7.46. The smallest absolute Gasteiger partial charge is 0.244 e. The lowest BCUT2D eigenvalue weighted by atomic mass is 10.2. The Kier molecular flexibility index (Phi) is 4.91. The molecule has 3 rings (SSSR count). The van der Waals surface area contributed by atoms with Gasteiger partial charge in [0.1, 0.15) is 11.5 Å². The van der Waals surface area contributed by atoms with Gasteiger partial charge in [-0.05, 0) is 49.2 Å². The van der Waals surface area contributed by atoms with Gasteiger partial charge in [-0.25, -0.2) is 4.68 Å². The summed E-state index contributed by atoms with van der Waals surface area (Å²) in [6.45, 7) is 2.42. The molecule has 0 fully saturated rings. The minimum Gasteiger partial charge on any atom is -0.462 e. The van der Waals surface area contributed by atoms with E-state index in [-0.39, 0.29) is 5.91 Å². The van der Waals surface area contributed by atoms with E-state index < -0.39 is 0 Å². The van der Waals surface area contributed by atoms with Gasteiger partial charge < -0.3 is 9.73 Å². The summed E-state index contributed by atoms with van der Waals surface area (Å²) in [4.78, 5) is 11.8. The summed E-state index contributed by atoms with van der Waals surface area (Å²) in [5.41, 5.74) is 2.09. The molecule has 0 unspecified atom stereocenters. The van der Waals surface area contributed by atoms with E-state index in [2.05, 4.69) is 10.4 Å². The SMILES string of the molecule is Cc1ccc(/C=C/C(=O)NCCc2cnn(-c3ccccc3)c2)o1. The number of hydrogen-bond donors (Lipinski definition) is 1. The van der Waals surface area contributed by atoms with E-state index in [4.69, 9.17) is 4.42 Å². The number of rotatable bonds is 6. The molecule has 1 aromatic carbocycles. The first kappa shape index (κ1) is 15.8. The Morgan fingerprint density at radius 3 is 2.83 bits per heavy atom. The molecule has 2 aromatic heterocycles. The highest BCUT2D eigenvalue weighted by Crippen LogP contribution is 2.08. The predicted octanol–water partition coefficient (Wildman–Crippen LogP) is 3.15. The maximum absolute atomic E-state index is 11.8. The van der Waals surface area contributed by atoms with Crippen molar-refractivity contribution in [2.24, 2.45) is 0 Å². The molecule has 2 heterocycles. The van der Waals surface area contributed by atoms with Crippen molar-refractivity contribution in [3.63, 3.8) is 0 Å². The van der Waals surface area contributed by atoms with Crippen LogP contribution in [-0.2, 0) is 11.2 Å². The standard InChI is InChI=1S/C19H19N3O2/c1-15-7-8-18(24-15)9-10-19(23)20-12-11-16-13-21-22(14-16)17-5-3-2-4-6-17/h2-10,13-14H,11-12H2,1H3,(H,20,23)/b10-9+. The Morgan fingerprint density at radius 2 is 2.08 bits per heavy atom. The van der Waals surface area contributed by atoms with Crippen molar-refractivity contribution in [2.75, 3.05) is 6.54 Å². The largest absolute Gasteiger partial charge is 0.462 e. The van der Waals surface area contributed by atoms with Gasteiger partial charge in [0.05, 0.1) is 11.9 Å². The molecule has 122 valence electrons. The summed E-state index contributed by atoms with van der Waals surface area (Å²) >= 11 is 0. The number of aryl methyl sites for hydroxylation is 1. The van der Waals surface area contributed by atoms with Crippen LogP contribution in [0.5, 0.6) is 0 Å². The van der Waals surface area contributed by atoms with Gasteiger partial charge in [-0.15, -0.1) is 0 Å². The minimum absolute atomic E-state index is 0.139. The first-order chi connectivity index (χ1) is 11.7. The predicted molar refractivity (Wildman–Crippen MR) is 92.8 cm³/mol. The van der Waals surface area contributed by atoms with Crippen molar-refractivity contribution in [2.45, 2.75) is 13.3 Å². The fraction of sp³-hybridized carbons (Fsp3) is 0.158. The molecule has 1 N–H and O–H groups in total. The third-order valence-electron chi connectivity index (χ3n) is 3.53. The third kappa shape index (κ3) is 4.23. The Hall–Kier alpha value is -3.08. The topological polar surface area (TPSA) is 60.1 Å². The molecular formula is C19H19N3O2. The number of para-hydroxylation sites is 1. The van der Waals surface area contributed by atoms with Crippen LogP contribution in [0.3, 0.4) is 0 Å². The molecule has 5 nitrogen and oxygen atoms in total. The summed E-state index contributed by atoms with van der Waals surface area (Å²) in [7, 11) is 0. The number of amides is 1. The van der Waals surface area contributed by atoms with Gasteiger partial charge in [-0.2, -0.15) is 5.10 Å². The highest BCUT2D eigenvalue weighted by Gasteiger charge is 2.02. The molecule has 0 aliphatic rings. The van der Waals surface area contributed by atoms with Gasteiger partial charge in [-0.1, -0.05) is 18.2 Å². The number of benzene rings is 1. The summed E-state index contributed by atoms with van der Waals surface area (Å²) in [6, 6.07) is 13.6. The number of furan rings is 1. The first-order valence-corrected chi connectivity index (χ1v) is 7.82. The molecule has 0 aliphatic heterocycles. The third-order valence-corrected chi connectivity index (χ3v) is 3.53. The van der Waals surface area contributed by atoms with Crippen molar-refractivity contribution < 1.29 is 9.21 Å². The van der Waals surface area contributed by atoms with Crippen LogP contribution in [0.2, 0.25) is 0 Å². The van der Waals surface area contributed by atoms with Crippen LogP contribution in [-0.4, -0.2) is 22.2 Å². The second-order valence-electron chi connectivity index (χ2n) is 5.45. The normalized spacial score (nSPS) is 11.0. The molecule has 1 amide bonds. The molecule has 24 heavy (non-hydrogen) atoms. The molecule has 0 radical (unpaired) electrons. The van der Waals surface area contributed by atoms with Crippen LogP contribution in [0.15, 0.2) is 65.4 Å². The summed E-state index contributed by atoms with van der Waals surface area (Å²) in [6.07, 6.45) is 7.66. The highest BCUT2D eigenvalue weighted by molar-refractivity contribution is 5.91. The van der Waals surface area contributed by atoms with E-state index in [1.54, 1.807) is 6.08 Å². The van der Waals surface area contributed by atoms with Crippen LogP contribution in [0, 0.1) is 6.92 Å². The maximum atomic E-state index is 11.8. The number of carbonyl (C=O) groups excluding carboxylic acids is 1. The second-order valence-corrected chi connectivity index (χ2v) is 5.45. The highest BCUT2D eigenvalue weighted by atomic mass is 16.3. The summed E-state index contributed by atoms with van der Waals surface area (Å²) in [5.74, 6) is 1.36. The lowest BCUT2D eigenvalue weighted by molar-refractivity contribution is -0.116. The van der Waals surface area contributed by atoms with Crippen LogP contribution >= 0.6 is 0 Å². The number of aromatic nitrogens is 2. The van der Waals surface area contributed by atoms with Crippen LogP contribution in [0.25, 0.3) is 11.8 Å². The molecular weight excluding hydrogens is 302 g/mol. The zero-order valence-electron chi connectivity index (χ0n) is 13.5. The molecule has 0 bridgehead atoms. The molecule has 0 aliphatic carbocycles. The Balaban J connectivity index is 1.47. The Bertz CT molecular complexity index is 831. The minimum atomic E-state index is -0.139. The van der Waals surface area contributed by atoms with Crippen molar-refractivity contribution in [1.82, 2.24) is 15.1 Å². The molecule has 5 heteroatoms. The Labute approximate surface area is 140 Å². The van der Waals surface area contributed by atoms with Crippen molar-refractivity contribution in [1.29, 1.82) is 0 Å². The van der Waals surface area contributed by atoms with Crippen LogP contribution < -0.4 is 5.32 Å². The van der Waals surface area contributed by atoms with E-state index in [9.17, 15) is 4.79 Å². The molecule has 3 aromatic rings.